The summed E-state index contributed by atoms with van der Waals surface area (Å²) in [6.45, 7) is 4.18. The van der Waals surface area contributed by atoms with Crippen LogP contribution in [0, 0.1) is 0 Å². The van der Waals surface area contributed by atoms with Crippen LogP contribution in [-0.4, -0.2) is 55.1 Å². The van der Waals surface area contributed by atoms with Gasteiger partial charge in [0.2, 0.25) is 5.75 Å². The minimum Gasteiger partial charge on any atom is -0.493 e. The highest BCUT2D eigenvalue weighted by molar-refractivity contribution is 5.91. The fourth-order valence-electron chi connectivity index (χ4n) is 4.01. The largest absolute Gasteiger partial charge is 0.493 e. The molecule has 9 heteroatoms. The van der Waals surface area contributed by atoms with Crippen LogP contribution in [0.4, 0.5) is 0 Å². The number of aromatic nitrogens is 4. The Kier molecular flexibility index (Phi) is 6.45. The number of ether oxygens (including phenoxy) is 5. The summed E-state index contributed by atoms with van der Waals surface area (Å²) in [5.41, 5.74) is 3.69. The number of fused-ring (bicyclic) bond motifs is 1. The molecule has 0 N–H and O–H groups in total. The molecule has 0 amide bonds. The molecule has 34 heavy (non-hydrogen) atoms. The topological polar surface area (TPSA) is 89.8 Å². The molecule has 178 valence electrons. The van der Waals surface area contributed by atoms with Gasteiger partial charge in [0.25, 0.3) is 0 Å². The summed E-state index contributed by atoms with van der Waals surface area (Å²) in [6.07, 6.45) is 1.54. The number of methoxy groups -OCH3 is 5. The highest BCUT2D eigenvalue weighted by atomic mass is 16.5. The molecule has 0 fully saturated rings. The lowest BCUT2D eigenvalue weighted by molar-refractivity contribution is 0.324. The fourth-order valence-corrected chi connectivity index (χ4v) is 4.01. The van der Waals surface area contributed by atoms with Crippen LogP contribution in [0.15, 0.2) is 36.7 Å². The van der Waals surface area contributed by atoms with Gasteiger partial charge in [0.15, 0.2) is 28.6 Å². The molecule has 0 aliphatic rings. The van der Waals surface area contributed by atoms with E-state index >= 15 is 0 Å². The van der Waals surface area contributed by atoms with E-state index in [-0.39, 0.29) is 6.04 Å². The number of benzene rings is 2. The highest BCUT2D eigenvalue weighted by Gasteiger charge is 2.23. The normalized spacial score (nSPS) is 11.1. The van der Waals surface area contributed by atoms with Crippen molar-refractivity contribution in [1.29, 1.82) is 0 Å². The van der Waals surface area contributed by atoms with Crippen LogP contribution in [0.5, 0.6) is 28.7 Å². The van der Waals surface area contributed by atoms with Crippen LogP contribution in [-0.2, 0) is 0 Å². The molecule has 0 saturated carbocycles. The predicted octanol–water partition coefficient (Wildman–Crippen LogP) is 4.78. The Balaban J connectivity index is 1.98. The maximum Gasteiger partial charge on any atom is 0.203 e. The molecule has 2 aromatic heterocycles. The zero-order valence-electron chi connectivity index (χ0n) is 20.4. The Bertz CT molecular complexity index is 1310. The van der Waals surface area contributed by atoms with Crippen molar-refractivity contribution in [2.45, 2.75) is 19.9 Å². The molecule has 0 atom stereocenters. The molecule has 0 unspecified atom stereocenters. The summed E-state index contributed by atoms with van der Waals surface area (Å²) >= 11 is 0. The van der Waals surface area contributed by atoms with Gasteiger partial charge in [-0.2, -0.15) is 0 Å². The standard InChI is InChI=1S/C25H28N4O5/c1-14(2)29-24(15-8-9-17(30-3)18(10-15)31-4)28-22-21(26-13-27-25(22)29)16-11-19(32-5)23(34-7)20(12-16)33-6/h8-14H,1-7H3. The summed E-state index contributed by atoms with van der Waals surface area (Å²) < 4.78 is 29.5. The first-order valence-electron chi connectivity index (χ1n) is 10.7. The van der Waals surface area contributed by atoms with Gasteiger partial charge in [-0.1, -0.05) is 0 Å². The lowest BCUT2D eigenvalue weighted by atomic mass is 10.1. The lowest BCUT2D eigenvalue weighted by Crippen LogP contribution is -2.04. The summed E-state index contributed by atoms with van der Waals surface area (Å²) in [6, 6.07) is 9.53. The van der Waals surface area contributed by atoms with Crippen molar-refractivity contribution in [3.63, 3.8) is 0 Å². The average molecular weight is 465 g/mol. The van der Waals surface area contributed by atoms with E-state index in [2.05, 4.69) is 28.4 Å². The zero-order chi connectivity index (χ0) is 24.4. The summed E-state index contributed by atoms with van der Waals surface area (Å²) in [5.74, 6) is 3.60. The highest BCUT2D eigenvalue weighted by Crippen LogP contribution is 2.42. The van der Waals surface area contributed by atoms with Gasteiger partial charge >= 0.3 is 0 Å². The van der Waals surface area contributed by atoms with Crippen LogP contribution in [0.1, 0.15) is 19.9 Å². The number of nitrogens with zero attached hydrogens (tertiary/aromatic N) is 4. The van der Waals surface area contributed by atoms with Crippen molar-refractivity contribution in [1.82, 2.24) is 19.5 Å². The number of hydrogen-bond acceptors (Lipinski definition) is 8. The minimum atomic E-state index is 0.0933. The van der Waals surface area contributed by atoms with Crippen molar-refractivity contribution in [2.75, 3.05) is 35.5 Å². The van der Waals surface area contributed by atoms with Gasteiger partial charge in [-0.3, -0.25) is 0 Å². The van der Waals surface area contributed by atoms with E-state index in [9.17, 15) is 0 Å². The molecule has 0 aliphatic heterocycles. The summed E-state index contributed by atoms with van der Waals surface area (Å²) in [7, 11) is 7.96. The quantitative estimate of drug-likeness (QED) is 0.368. The van der Waals surface area contributed by atoms with Crippen LogP contribution in [0.25, 0.3) is 33.8 Å². The zero-order valence-corrected chi connectivity index (χ0v) is 20.4. The molecule has 0 aliphatic carbocycles. The third-order valence-electron chi connectivity index (χ3n) is 5.57. The van der Waals surface area contributed by atoms with Crippen molar-refractivity contribution in [3.8, 4) is 51.4 Å². The van der Waals surface area contributed by atoms with Crippen molar-refractivity contribution in [2.24, 2.45) is 0 Å². The second-order valence-corrected chi connectivity index (χ2v) is 7.78. The van der Waals surface area contributed by atoms with E-state index in [0.717, 1.165) is 22.6 Å². The van der Waals surface area contributed by atoms with Crippen molar-refractivity contribution in [3.05, 3.63) is 36.7 Å². The Labute approximate surface area is 198 Å². The first-order valence-corrected chi connectivity index (χ1v) is 10.7. The Morgan fingerprint density at radius 2 is 1.32 bits per heavy atom. The molecule has 2 heterocycles. The monoisotopic (exact) mass is 464 g/mol. The molecule has 4 aromatic rings. The van der Waals surface area contributed by atoms with Gasteiger partial charge in [-0.25, -0.2) is 15.0 Å². The Morgan fingerprint density at radius 1 is 0.706 bits per heavy atom. The summed E-state index contributed by atoms with van der Waals surface area (Å²) in [4.78, 5) is 14.1. The molecular formula is C25H28N4O5. The molecular weight excluding hydrogens is 436 g/mol. The second kappa shape index (κ2) is 9.46. The maximum absolute atomic E-state index is 5.54. The minimum absolute atomic E-state index is 0.0933. The Morgan fingerprint density at radius 3 is 1.88 bits per heavy atom. The number of imidazole rings is 1. The van der Waals surface area contributed by atoms with Gasteiger partial charge in [0.1, 0.15) is 23.4 Å². The van der Waals surface area contributed by atoms with E-state index in [1.54, 1.807) is 41.9 Å². The van der Waals surface area contributed by atoms with Gasteiger partial charge in [-0.15, -0.1) is 0 Å². The van der Waals surface area contributed by atoms with Gasteiger partial charge in [-0.05, 0) is 44.2 Å². The molecule has 0 bridgehead atoms. The fraction of sp³-hybridized carbons (Fsp3) is 0.320. The van der Waals surface area contributed by atoms with Gasteiger partial charge in [0.05, 0.1) is 35.5 Å². The van der Waals surface area contributed by atoms with Crippen LogP contribution < -0.4 is 23.7 Å². The summed E-state index contributed by atoms with van der Waals surface area (Å²) in [5, 5.41) is 0. The van der Waals surface area contributed by atoms with Crippen LogP contribution >= 0.6 is 0 Å². The molecule has 0 spiro atoms. The van der Waals surface area contributed by atoms with E-state index < -0.39 is 0 Å². The van der Waals surface area contributed by atoms with Gasteiger partial charge in [0, 0.05) is 17.2 Å². The van der Waals surface area contributed by atoms with Crippen molar-refractivity contribution >= 4 is 11.2 Å². The first-order chi connectivity index (χ1) is 16.5. The van der Waals surface area contributed by atoms with E-state index in [0.29, 0.717) is 40.0 Å². The average Bonchev–Trinajstić information content (AvgIpc) is 3.27. The molecule has 0 radical (unpaired) electrons. The van der Waals surface area contributed by atoms with E-state index in [1.165, 1.54) is 0 Å². The molecule has 9 nitrogen and oxygen atoms in total. The maximum atomic E-state index is 5.54. The Hall–Kier alpha value is -4.01. The lowest BCUT2D eigenvalue weighted by Gasteiger charge is -2.14. The number of hydrogen-bond donors (Lipinski definition) is 0. The van der Waals surface area contributed by atoms with Crippen LogP contribution in [0.3, 0.4) is 0 Å². The third kappa shape index (κ3) is 3.83. The predicted molar refractivity (Wildman–Crippen MR) is 129 cm³/mol. The molecule has 0 saturated heterocycles. The van der Waals surface area contributed by atoms with E-state index in [4.69, 9.17) is 28.7 Å². The third-order valence-corrected chi connectivity index (χ3v) is 5.57. The van der Waals surface area contributed by atoms with E-state index in [1.807, 2.05) is 30.3 Å². The molecule has 4 rings (SSSR count). The van der Waals surface area contributed by atoms with Crippen molar-refractivity contribution < 1.29 is 23.7 Å². The van der Waals surface area contributed by atoms with Crippen LogP contribution in [0.2, 0.25) is 0 Å². The second-order valence-electron chi connectivity index (χ2n) is 7.78. The smallest absolute Gasteiger partial charge is 0.203 e. The first kappa shape index (κ1) is 23.2. The van der Waals surface area contributed by atoms with Gasteiger partial charge < -0.3 is 28.3 Å². The SMILES string of the molecule is COc1ccc(-c2nc3c(-c4cc(OC)c(OC)c(OC)c4)ncnc3n2C(C)C)cc1OC. The molecule has 2 aromatic carbocycles. The number of rotatable bonds is 8.